The van der Waals surface area contributed by atoms with Crippen LogP contribution >= 0.6 is 0 Å². The van der Waals surface area contributed by atoms with Crippen LogP contribution in [-0.4, -0.2) is 23.3 Å². The van der Waals surface area contributed by atoms with Gasteiger partial charge < -0.3 is 4.90 Å². The molecule has 3 rings (SSSR count). The lowest BCUT2D eigenvalue weighted by molar-refractivity contribution is 0.0984. The molecule has 0 unspecified atom stereocenters. The Morgan fingerprint density at radius 3 is 1.61 bits per heavy atom. The van der Waals surface area contributed by atoms with E-state index in [2.05, 4.69) is 115 Å². The molecule has 0 radical (unpaired) electrons. The van der Waals surface area contributed by atoms with E-state index in [1.165, 1.54) is 22.3 Å². The van der Waals surface area contributed by atoms with Crippen LogP contribution < -0.4 is 0 Å². The predicted molar refractivity (Wildman–Crippen MR) is 121 cm³/mol. The molecule has 0 saturated heterocycles. The van der Waals surface area contributed by atoms with Crippen LogP contribution in [0.3, 0.4) is 0 Å². The standard InChI is InChI=1S/C26H36N2/c1-18-13-9-11-15-20(18)22(21-16-12-10-14-19(21)2)28-17-27-23(25(3,4)5)24(28)26(6,7)8/h9-17,22-24H,1-8H3/t23-,24-/m0/s1. The van der Waals surface area contributed by atoms with Crippen LogP contribution in [0.5, 0.6) is 0 Å². The van der Waals surface area contributed by atoms with E-state index in [9.17, 15) is 0 Å². The third kappa shape index (κ3) is 3.87. The monoisotopic (exact) mass is 376 g/mol. The quantitative estimate of drug-likeness (QED) is 0.592. The third-order valence-electron chi connectivity index (χ3n) is 6.02. The summed E-state index contributed by atoms with van der Waals surface area (Å²) < 4.78 is 0. The minimum atomic E-state index is 0.109. The van der Waals surface area contributed by atoms with E-state index >= 15 is 0 Å². The highest BCUT2D eigenvalue weighted by Crippen LogP contribution is 2.45. The van der Waals surface area contributed by atoms with Crippen molar-refractivity contribution >= 4 is 6.34 Å². The van der Waals surface area contributed by atoms with Crippen molar-refractivity contribution in [1.82, 2.24) is 4.90 Å². The molecular weight excluding hydrogens is 340 g/mol. The summed E-state index contributed by atoms with van der Waals surface area (Å²) in [6.45, 7) is 18.4. The van der Waals surface area contributed by atoms with Crippen LogP contribution in [0.2, 0.25) is 0 Å². The van der Waals surface area contributed by atoms with Crippen molar-refractivity contribution in [3.63, 3.8) is 0 Å². The summed E-state index contributed by atoms with van der Waals surface area (Å²) in [5.41, 5.74) is 5.62. The van der Waals surface area contributed by atoms with Gasteiger partial charge >= 0.3 is 0 Å². The van der Waals surface area contributed by atoms with Gasteiger partial charge in [-0.05, 0) is 46.9 Å². The molecule has 1 aliphatic rings. The summed E-state index contributed by atoms with van der Waals surface area (Å²) in [4.78, 5) is 7.61. The van der Waals surface area contributed by atoms with Crippen molar-refractivity contribution in [3.8, 4) is 0 Å². The van der Waals surface area contributed by atoms with Gasteiger partial charge in [0.15, 0.2) is 0 Å². The number of hydrogen-bond acceptors (Lipinski definition) is 2. The highest BCUT2D eigenvalue weighted by atomic mass is 15.3. The molecule has 0 amide bonds. The van der Waals surface area contributed by atoms with E-state index in [4.69, 9.17) is 4.99 Å². The molecule has 28 heavy (non-hydrogen) atoms. The fourth-order valence-electron chi connectivity index (χ4n) is 4.59. The molecule has 2 nitrogen and oxygen atoms in total. The van der Waals surface area contributed by atoms with Crippen molar-refractivity contribution in [2.75, 3.05) is 0 Å². The van der Waals surface area contributed by atoms with Crippen LogP contribution in [0.15, 0.2) is 53.5 Å². The molecule has 1 heterocycles. The Morgan fingerprint density at radius 1 is 0.750 bits per heavy atom. The molecule has 0 aliphatic carbocycles. The van der Waals surface area contributed by atoms with Crippen molar-refractivity contribution < 1.29 is 0 Å². The second-order valence-corrected chi connectivity index (χ2v) is 10.4. The van der Waals surface area contributed by atoms with Crippen molar-refractivity contribution in [2.24, 2.45) is 15.8 Å². The Hall–Kier alpha value is -2.09. The van der Waals surface area contributed by atoms with E-state index < -0.39 is 0 Å². The number of aliphatic imine (C=N–C) groups is 1. The average molecular weight is 377 g/mol. The van der Waals surface area contributed by atoms with Crippen LogP contribution in [0, 0.1) is 24.7 Å². The number of nitrogens with zero attached hydrogens (tertiary/aromatic N) is 2. The van der Waals surface area contributed by atoms with Crippen LogP contribution in [0.4, 0.5) is 0 Å². The molecule has 150 valence electrons. The average Bonchev–Trinajstić information content (AvgIpc) is 3.04. The fraction of sp³-hybridized carbons (Fsp3) is 0.500. The fourth-order valence-corrected chi connectivity index (χ4v) is 4.59. The summed E-state index contributed by atoms with van der Waals surface area (Å²) in [6, 6.07) is 18.4. The molecule has 0 spiro atoms. The number of benzene rings is 2. The van der Waals surface area contributed by atoms with Crippen LogP contribution in [-0.2, 0) is 0 Å². The molecule has 0 aromatic heterocycles. The van der Waals surface area contributed by atoms with Crippen molar-refractivity contribution in [2.45, 2.75) is 73.5 Å². The maximum atomic E-state index is 5.07. The highest BCUT2D eigenvalue weighted by molar-refractivity contribution is 5.63. The van der Waals surface area contributed by atoms with Crippen LogP contribution in [0.25, 0.3) is 0 Å². The predicted octanol–water partition coefficient (Wildman–Crippen LogP) is 6.57. The van der Waals surface area contributed by atoms with E-state index in [-0.39, 0.29) is 22.9 Å². The SMILES string of the molecule is Cc1ccccc1C(c1ccccc1C)N1C=N[C@H](C(C)(C)C)[C@H]1C(C)(C)C. The van der Waals surface area contributed by atoms with Crippen LogP contribution in [0.1, 0.15) is 69.8 Å². The van der Waals surface area contributed by atoms with Gasteiger partial charge in [-0.3, -0.25) is 4.99 Å². The molecule has 0 bridgehead atoms. The second kappa shape index (κ2) is 7.39. The molecule has 2 aromatic rings. The lowest BCUT2D eigenvalue weighted by Gasteiger charge is -2.46. The topological polar surface area (TPSA) is 15.6 Å². The number of aryl methyl sites for hydroxylation is 2. The van der Waals surface area contributed by atoms with Gasteiger partial charge in [-0.25, -0.2) is 0 Å². The highest BCUT2D eigenvalue weighted by Gasteiger charge is 2.47. The zero-order valence-electron chi connectivity index (χ0n) is 18.8. The lowest BCUT2D eigenvalue weighted by Crippen LogP contribution is -2.51. The van der Waals surface area contributed by atoms with Crippen molar-refractivity contribution in [1.29, 1.82) is 0 Å². The summed E-state index contributed by atoms with van der Waals surface area (Å²) in [5.74, 6) is 0. The molecule has 2 aromatic carbocycles. The van der Waals surface area contributed by atoms with Gasteiger partial charge in [0.1, 0.15) is 0 Å². The minimum absolute atomic E-state index is 0.109. The smallest absolute Gasteiger partial charge is 0.0865 e. The van der Waals surface area contributed by atoms with Gasteiger partial charge in [0.25, 0.3) is 0 Å². The second-order valence-electron chi connectivity index (χ2n) is 10.4. The van der Waals surface area contributed by atoms with E-state index in [1.54, 1.807) is 0 Å². The first-order chi connectivity index (χ1) is 13.0. The molecule has 1 aliphatic heterocycles. The number of rotatable bonds is 3. The normalized spacial score (nSPS) is 20.2. The third-order valence-corrected chi connectivity index (χ3v) is 6.02. The molecular formula is C26H36N2. The summed E-state index contributed by atoms with van der Waals surface area (Å²) in [5, 5.41) is 0. The maximum Gasteiger partial charge on any atom is 0.0865 e. The van der Waals surface area contributed by atoms with Crippen molar-refractivity contribution in [3.05, 3.63) is 70.8 Å². The maximum absolute atomic E-state index is 5.07. The Labute approximate surface area is 171 Å². The first kappa shape index (κ1) is 20.6. The van der Waals surface area contributed by atoms with Gasteiger partial charge in [-0.1, -0.05) is 90.1 Å². The minimum Gasteiger partial charge on any atom is -0.346 e. The molecule has 0 N–H and O–H groups in total. The van der Waals surface area contributed by atoms with Gasteiger partial charge in [0, 0.05) is 0 Å². The first-order valence-corrected chi connectivity index (χ1v) is 10.4. The largest absolute Gasteiger partial charge is 0.346 e. The Balaban J connectivity index is 2.20. The molecule has 0 saturated carbocycles. The zero-order valence-corrected chi connectivity index (χ0v) is 18.8. The lowest BCUT2D eigenvalue weighted by atomic mass is 9.72. The van der Waals surface area contributed by atoms with E-state index in [1.807, 2.05) is 0 Å². The van der Waals surface area contributed by atoms with Gasteiger partial charge in [-0.2, -0.15) is 0 Å². The molecule has 2 atom stereocenters. The molecule has 2 heteroatoms. The summed E-state index contributed by atoms with van der Waals surface area (Å²) in [6.07, 6.45) is 2.13. The summed E-state index contributed by atoms with van der Waals surface area (Å²) >= 11 is 0. The Bertz CT molecular complexity index is 806. The van der Waals surface area contributed by atoms with E-state index in [0.717, 1.165) is 0 Å². The Morgan fingerprint density at radius 2 is 1.21 bits per heavy atom. The van der Waals surface area contributed by atoms with Gasteiger partial charge in [0.2, 0.25) is 0 Å². The van der Waals surface area contributed by atoms with Gasteiger partial charge in [-0.15, -0.1) is 0 Å². The number of hydrogen-bond donors (Lipinski definition) is 0. The first-order valence-electron chi connectivity index (χ1n) is 10.4. The van der Waals surface area contributed by atoms with Gasteiger partial charge in [0.05, 0.1) is 24.5 Å². The Kier molecular flexibility index (Phi) is 5.44. The van der Waals surface area contributed by atoms with E-state index in [0.29, 0.717) is 6.04 Å². The zero-order chi connectivity index (χ0) is 20.7. The summed E-state index contributed by atoms with van der Waals surface area (Å²) in [7, 11) is 0. The molecule has 0 fully saturated rings.